The van der Waals surface area contributed by atoms with Crippen molar-refractivity contribution in [2.45, 2.75) is 44.9 Å². The quantitative estimate of drug-likeness (QED) is 0.0449. The first-order valence-electron chi connectivity index (χ1n) is 31.8. The van der Waals surface area contributed by atoms with Crippen molar-refractivity contribution in [3.8, 4) is 52.1 Å². The van der Waals surface area contributed by atoms with Gasteiger partial charge in [0.05, 0.1) is 55.9 Å². The highest BCUT2D eigenvalue weighted by atomic mass is 35.5. The van der Waals surface area contributed by atoms with Crippen molar-refractivity contribution in [2.75, 3.05) is 69.1 Å². The predicted octanol–water partition coefficient (Wildman–Crippen LogP) is 17.4. The topological polar surface area (TPSA) is 241 Å². The lowest BCUT2D eigenvalue weighted by Crippen LogP contribution is -2.14. The lowest BCUT2D eigenvalue weighted by molar-refractivity contribution is 0.273. The molecule has 0 bridgehead atoms. The van der Waals surface area contributed by atoms with E-state index in [-0.39, 0.29) is 88.9 Å². The summed E-state index contributed by atoms with van der Waals surface area (Å²) in [6, 6.07) is 19.6. The summed E-state index contributed by atoms with van der Waals surface area (Å²) in [5, 5.41) is 16.1. The Kier molecular flexibility index (Phi) is 27.3. The van der Waals surface area contributed by atoms with Crippen molar-refractivity contribution in [2.24, 2.45) is 0 Å². The number of halogens is 12. The summed E-state index contributed by atoms with van der Waals surface area (Å²) in [5.41, 5.74) is 1.77. The summed E-state index contributed by atoms with van der Waals surface area (Å²) in [6.07, 6.45) is 7.77. The maximum atomic E-state index is 13.8. The average molecular weight is 1570 g/mol. The van der Waals surface area contributed by atoms with Gasteiger partial charge in [0.25, 0.3) is 11.1 Å². The predicted molar refractivity (Wildman–Crippen MR) is 396 cm³/mol. The molecule has 19 nitrogen and oxygen atoms in total. The fraction of sp³-hybridized carbons (Fsp3) is 0.227. The van der Waals surface area contributed by atoms with Crippen LogP contribution in [0.1, 0.15) is 41.5 Å². The molecule has 556 valence electrons. The lowest BCUT2D eigenvalue weighted by atomic mass is 10.0. The van der Waals surface area contributed by atoms with Gasteiger partial charge in [-0.15, -0.1) is 6.58 Å². The van der Waals surface area contributed by atoms with Crippen LogP contribution < -0.4 is 59.3 Å². The van der Waals surface area contributed by atoms with E-state index in [1.165, 1.54) is 103 Å². The zero-order valence-corrected chi connectivity index (χ0v) is 60.9. The first kappa shape index (κ1) is 79.9. The van der Waals surface area contributed by atoms with Crippen molar-refractivity contribution >= 4 is 123 Å². The Morgan fingerprint density at radius 2 is 0.868 bits per heavy atom. The van der Waals surface area contributed by atoms with Gasteiger partial charge in [-0.2, -0.15) is 9.37 Å². The van der Waals surface area contributed by atoms with Crippen molar-refractivity contribution in [1.82, 2.24) is 29.9 Å². The molecule has 0 fully saturated rings. The van der Waals surface area contributed by atoms with Crippen LogP contribution in [0.2, 0.25) is 25.8 Å². The van der Waals surface area contributed by atoms with Crippen LogP contribution in [0.3, 0.4) is 0 Å². The van der Waals surface area contributed by atoms with Crippen LogP contribution in [0.4, 0.5) is 30.7 Å². The maximum Gasteiger partial charge on any atom is 0.253 e. The number of aliphatic hydroxyl groups is 1. The number of pyridine rings is 6. The van der Waals surface area contributed by atoms with Crippen LogP contribution in [0.25, 0.3) is 64.6 Å². The molecular formula is C75H64Cl5F7N6O13. The number of rotatable bonds is 14. The van der Waals surface area contributed by atoms with E-state index in [0.29, 0.717) is 122 Å². The molecule has 0 saturated heterocycles. The van der Waals surface area contributed by atoms with Crippen molar-refractivity contribution < 1.29 is 78.5 Å². The van der Waals surface area contributed by atoms with Gasteiger partial charge in [-0.05, 0) is 150 Å². The number of benzene rings is 6. The van der Waals surface area contributed by atoms with Crippen LogP contribution >= 0.6 is 58.0 Å². The zero-order valence-electron chi connectivity index (χ0n) is 57.2. The van der Waals surface area contributed by atoms with E-state index in [4.69, 9.17) is 106 Å². The van der Waals surface area contributed by atoms with Gasteiger partial charge in [-0.1, -0.05) is 76.7 Å². The molecule has 0 amide bonds. The Morgan fingerprint density at radius 3 is 1.36 bits per heavy atom. The van der Waals surface area contributed by atoms with Gasteiger partial charge < -0.3 is 62.7 Å². The molecule has 106 heavy (non-hydrogen) atoms. The number of fused-ring (bicyclic) bond motifs is 10. The Labute approximate surface area is 623 Å². The van der Waals surface area contributed by atoms with Crippen LogP contribution in [0, 0.1) is 40.9 Å². The van der Waals surface area contributed by atoms with E-state index in [1.807, 2.05) is 0 Å². The Hall–Kier alpha value is -10.2. The summed E-state index contributed by atoms with van der Waals surface area (Å²) >= 11 is 29.7. The molecule has 2 aliphatic rings. The number of methoxy groups -OCH3 is 6. The van der Waals surface area contributed by atoms with Gasteiger partial charge in [-0.3, -0.25) is 14.4 Å². The second-order valence-corrected chi connectivity index (χ2v) is 24.6. The number of H-pyrrole nitrogens is 3. The van der Waals surface area contributed by atoms with Crippen LogP contribution in [-0.2, 0) is 25.7 Å². The summed E-state index contributed by atoms with van der Waals surface area (Å²) in [7, 11) is 8.31. The normalized spacial score (nSPS) is 11.8. The molecule has 0 radical (unpaired) electrons. The third-order valence-corrected chi connectivity index (χ3v) is 17.8. The molecule has 0 saturated carbocycles. The second kappa shape index (κ2) is 36.2. The van der Waals surface area contributed by atoms with Gasteiger partial charge >= 0.3 is 0 Å². The molecule has 0 atom stereocenters. The number of allylic oxidation sites excluding steroid dienone is 1. The highest BCUT2D eigenvalue weighted by Gasteiger charge is 2.24. The molecule has 14 rings (SSSR count). The maximum absolute atomic E-state index is 13.8. The third kappa shape index (κ3) is 18.2. The number of nitrogens with zero attached hydrogens (tertiary/aromatic N) is 3. The number of aliphatic hydroxyl groups excluding tert-OH is 1. The van der Waals surface area contributed by atoms with E-state index < -0.39 is 40.9 Å². The fourth-order valence-corrected chi connectivity index (χ4v) is 12.5. The van der Waals surface area contributed by atoms with E-state index in [9.17, 15) is 45.1 Å². The number of aryl methyl sites for hydroxylation is 3. The molecular weight excluding hydrogens is 1500 g/mol. The minimum atomic E-state index is -0.716. The van der Waals surface area contributed by atoms with Crippen molar-refractivity contribution in [1.29, 1.82) is 0 Å². The summed E-state index contributed by atoms with van der Waals surface area (Å²) in [6.45, 7) is 8.61. The van der Waals surface area contributed by atoms with Gasteiger partial charge in [0.1, 0.15) is 32.4 Å². The third-order valence-electron chi connectivity index (χ3n) is 16.3. The van der Waals surface area contributed by atoms with E-state index in [2.05, 4.69) is 43.1 Å². The molecule has 0 spiro atoms. The van der Waals surface area contributed by atoms with E-state index in [0.717, 1.165) is 48.3 Å². The van der Waals surface area contributed by atoms with Crippen LogP contribution in [-0.4, -0.2) is 104 Å². The highest BCUT2D eigenvalue weighted by Crippen LogP contribution is 2.40. The van der Waals surface area contributed by atoms with Gasteiger partial charge in [0, 0.05) is 73.3 Å². The number of hydrogen-bond acceptors (Lipinski definition) is 16. The van der Waals surface area contributed by atoms with Crippen LogP contribution in [0.15, 0.2) is 125 Å². The summed E-state index contributed by atoms with van der Waals surface area (Å²) in [5.74, 6) is -1.92. The Morgan fingerprint density at radius 1 is 0.462 bits per heavy atom. The SMILES string of the molecule is C=CCOc1cc2cc(OC)c(F)cc2c(Cl)n1.C=CCc1c(=O)[nH]c(Cl)c2cc(F)c(OC)cc12.COc1cc2c(CCCO)c(=O)[nH]c(Cl)c2cc1F.COc1cc2c3c(nc(Cl)c2cc1F)OCCC3.COc1cc2c3c(nc(F)c2cc1F)OCCC3.COc1cc2cc(=O)[nH]c(Cl)c2cc1F. The number of nitrogens with one attached hydrogen (secondary N) is 3. The number of aromatic nitrogens is 6. The minimum Gasteiger partial charge on any atom is -0.494 e. The highest BCUT2D eigenvalue weighted by molar-refractivity contribution is 6.36. The van der Waals surface area contributed by atoms with E-state index in [1.54, 1.807) is 30.4 Å². The van der Waals surface area contributed by atoms with Gasteiger partial charge in [0.2, 0.25) is 29.1 Å². The molecule has 0 aliphatic carbocycles. The van der Waals surface area contributed by atoms with Crippen molar-refractivity contribution in [3.63, 3.8) is 0 Å². The molecule has 31 heteroatoms. The Bertz CT molecular complexity index is 5410. The zero-order chi connectivity index (χ0) is 76.8. The molecule has 6 aromatic heterocycles. The molecule has 2 aliphatic heterocycles. The number of hydrogen-bond donors (Lipinski definition) is 4. The van der Waals surface area contributed by atoms with E-state index >= 15 is 0 Å². The first-order chi connectivity index (χ1) is 50.8. The minimum absolute atomic E-state index is 0.0259. The number of ether oxygens (including phenoxy) is 9. The molecule has 4 N–H and O–H groups in total. The molecule has 6 aromatic carbocycles. The van der Waals surface area contributed by atoms with Crippen molar-refractivity contribution in [3.05, 3.63) is 230 Å². The Balaban J connectivity index is 0.000000147. The summed E-state index contributed by atoms with van der Waals surface area (Å²) < 4.78 is 141. The van der Waals surface area contributed by atoms with Gasteiger partial charge in [-0.25, -0.2) is 36.3 Å². The molecule has 12 aromatic rings. The molecule has 0 unspecified atom stereocenters. The second-order valence-electron chi connectivity index (χ2n) is 22.8. The fourth-order valence-electron chi connectivity index (χ4n) is 11.3. The first-order valence-corrected chi connectivity index (χ1v) is 33.7. The monoisotopic (exact) mass is 1560 g/mol. The molecule has 8 heterocycles. The van der Waals surface area contributed by atoms with Gasteiger partial charge in [0.15, 0.2) is 69.4 Å². The smallest absolute Gasteiger partial charge is 0.253 e. The van der Waals surface area contributed by atoms with Crippen LogP contribution in [0.5, 0.6) is 52.1 Å². The summed E-state index contributed by atoms with van der Waals surface area (Å²) in [4.78, 5) is 54.1. The number of aromatic amines is 3. The largest absolute Gasteiger partial charge is 0.494 e. The average Bonchev–Trinajstić information content (AvgIpc) is 0.804. The lowest BCUT2D eigenvalue weighted by Gasteiger charge is -2.19. The standard InChI is InChI=1S/C13H13ClFNO3.3C13H11ClFNO2.C13H11F2NO2.C10H7ClFNO2/c1-19-11-6-8-7(3-2-4-17)13(18)16-12(14)9(8)5-10(11)15;1-17-11-6-8-7-3-2-4-18-13(7)16-12(14)9(8)5-10(11)15;1-3-4-18-12-6-8-5-11(17-2)10(15)7-9(8)13(14)16-12;1-3-4-7-8-6-11(18-2)10(15)5-9(8)12(14)16-13(7)17;1-17-11-6-8-7-3-2-4-18-13(7)16-12(15)9(8)5-10(11)14;1-15-8-2-5-3-9(14)13-10(11)6(5)4-7(8)12/h5-6,17H,2-4H2,1H3,(H,16,18);5-6H,2-4H2,1H3;3,5-7H,1,4H2,2H3;3,5-6H,1,4H2,2H3,(H,16,17);5-6H,2-4H2,1H3;2-4H,1H3,(H,13,14).